The molecule has 0 saturated carbocycles. The van der Waals surface area contributed by atoms with E-state index in [4.69, 9.17) is 0 Å². The largest absolute Gasteiger partial charge is 0.355 e. The fraction of sp³-hybridized carbons (Fsp3) is 0.333. The number of aromatic nitrogens is 3. The van der Waals surface area contributed by atoms with Crippen molar-refractivity contribution in [2.75, 3.05) is 7.05 Å². The van der Waals surface area contributed by atoms with Crippen LogP contribution in [-0.4, -0.2) is 44.0 Å². The predicted octanol–water partition coefficient (Wildman–Crippen LogP) is 4.84. The van der Waals surface area contributed by atoms with E-state index in [1.807, 2.05) is 39.8 Å². The minimum atomic E-state index is -0.641. The second-order valence-corrected chi connectivity index (χ2v) is 11.6. The number of benzene rings is 2. The molecule has 208 valence electrons. The molecule has 0 fully saturated rings. The standard InChI is InChI=1S/C30H31BrFN5O3/c1-16(2)12-23-26(32)34-37-25-15-35(29(39)20-8-11-24(31)17(3)13-20)18(4)14-22(25)30(40)36(28(23)37)21-9-6-19(7-10-21)27(38)33-5/h6-11,13,16,18H,12,14-15H2,1-5H3,(H,33,38)/t18-/m1/s1. The van der Waals surface area contributed by atoms with Gasteiger partial charge in [-0.05, 0) is 80.6 Å². The van der Waals surface area contributed by atoms with Crippen molar-refractivity contribution >= 4 is 33.4 Å². The van der Waals surface area contributed by atoms with Crippen molar-refractivity contribution in [1.82, 2.24) is 24.4 Å². The molecule has 10 heteroatoms. The van der Waals surface area contributed by atoms with Crippen LogP contribution >= 0.6 is 15.9 Å². The Kier molecular flexibility index (Phi) is 7.39. The second kappa shape index (κ2) is 10.6. The topological polar surface area (TPSA) is 88.7 Å². The van der Waals surface area contributed by atoms with Gasteiger partial charge < -0.3 is 10.2 Å². The molecule has 0 aliphatic carbocycles. The maximum absolute atomic E-state index is 15.5. The SMILES string of the molecule is CNC(=O)c1ccc(-n2c(=O)c3c(n4nc(F)c(CC(C)C)c24)CN(C(=O)c2ccc(Br)c(C)c2)[C@H](C)C3)cc1. The van der Waals surface area contributed by atoms with Gasteiger partial charge in [0.05, 0.1) is 23.5 Å². The number of aryl methyl sites for hydroxylation is 1. The van der Waals surface area contributed by atoms with E-state index < -0.39 is 5.95 Å². The zero-order valence-electron chi connectivity index (χ0n) is 23.1. The summed E-state index contributed by atoms with van der Waals surface area (Å²) in [7, 11) is 1.55. The Balaban J connectivity index is 1.70. The number of rotatable bonds is 5. The maximum Gasteiger partial charge on any atom is 0.261 e. The van der Waals surface area contributed by atoms with Crippen LogP contribution in [0.2, 0.25) is 0 Å². The lowest BCUT2D eigenvalue weighted by Gasteiger charge is -2.35. The number of nitrogens with one attached hydrogen (secondary N) is 1. The van der Waals surface area contributed by atoms with Gasteiger partial charge in [-0.3, -0.25) is 19.0 Å². The Bertz CT molecular complexity index is 1710. The molecule has 0 spiro atoms. The average Bonchev–Trinajstić information content (AvgIpc) is 3.24. The van der Waals surface area contributed by atoms with Crippen LogP contribution in [0, 0.1) is 18.8 Å². The maximum atomic E-state index is 15.5. The molecule has 1 aliphatic rings. The van der Waals surface area contributed by atoms with Gasteiger partial charge in [-0.1, -0.05) is 29.8 Å². The minimum Gasteiger partial charge on any atom is -0.355 e. The minimum absolute atomic E-state index is 0.108. The van der Waals surface area contributed by atoms with Gasteiger partial charge in [-0.15, -0.1) is 5.10 Å². The highest BCUT2D eigenvalue weighted by atomic mass is 79.9. The van der Waals surface area contributed by atoms with E-state index in [9.17, 15) is 14.4 Å². The second-order valence-electron chi connectivity index (χ2n) is 10.7. The molecule has 1 N–H and O–H groups in total. The average molecular weight is 609 g/mol. The Labute approximate surface area is 239 Å². The van der Waals surface area contributed by atoms with Crippen molar-refractivity contribution in [3.05, 3.63) is 96.7 Å². The molecular weight excluding hydrogens is 577 g/mol. The van der Waals surface area contributed by atoms with E-state index in [0.29, 0.717) is 52.1 Å². The van der Waals surface area contributed by atoms with Crippen molar-refractivity contribution in [2.45, 2.75) is 53.1 Å². The molecular formula is C30H31BrFN5O3. The zero-order valence-corrected chi connectivity index (χ0v) is 24.7. The fourth-order valence-electron chi connectivity index (χ4n) is 5.35. The molecule has 0 radical (unpaired) electrons. The molecule has 3 heterocycles. The zero-order chi connectivity index (χ0) is 28.9. The van der Waals surface area contributed by atoms with E-state index in [1.165, 1.54) is 9.08 Å². The van der Waals surface area contributed by atoms with E-state index in [0.717, 1.165) is 10.0 Å². The van der Waals surface area contributed by atoms with E-state index in [-0.39, 0.29) is 35.9 Å². The third-order valence-corrected chi connectivity index (χ3v) is 8.32. The number of nitrogens with zero attached hydrogens (tertiary/aromatic N) is 4. The summed E-state index contributed by atoms with van der Waals surface area (Å²) in [6, 6.07) is 11.8. The monoisotopic (exact) mass is 607 g/mol. The van der Waals surface area contributed by atoms with Crippen molar-refractivity contribution < 1.29 is 14.0 Å². The summed E-state index contributed by atoms with van der Waals surface area (Å²) in [4.78, 5) is 41.6. The summed E-state index contributed by atoms with van der Waals surface area (Å²) in [5.74, 6) is -0.940. The summed E-state index contributed by atoms with van der Waals surface area (Å²) >= 11 is 3.48. The molecule has 1 atom stereocenters. The first kappa shape index (κ1) is 27.8. The number of hydrogen-bond acceptors (Lipinski definition) is 4. The fourth-order valence-corrected chi connectivity index (χ4v) is 5.60. The van der Waals surface area contributed by atoms with Crippen LogP contribution in [0.4, 0.5) is 4.39 Å². The number of carbonyl (C=O) groups excluding carboxylic acids is 2. The normalized spacial score (nSPS) is 15.0. The van der Waals surface area contributed by atoms with Crippen molar-refractivity contribution in [2.24, 2.45) is 5.92 Å². The number of amides is 2. The third-order valence-electron chi connectivity index (χ3n) is 7.43. The van der Waals surface area contributed by atoms with Crippen LogP contribution in [0.15, 0.2) is 51.7 Å². The first-order valence-electron chi connectivity index (χ1n) is 13.2. The van der Waals surface area contributed by atoms with Crippen molar-refractivity contribution in [3.63, 3.8) is 0 Å². The third kappa shape index (κ3) is 4.74. The molecule has 0 bridgehead atoms. The highest BCUT2D eigenvalue weighted by Gasteiger charge is 2.34. The molecule has 2 aromatic carbocycles. The van der Waals surface area contributed by atoms with Crippen LogP contribution in [0.3, 0.4) is 0 Å². The Hall–Kier alpha value is -3.79. The number of carbonyl (C=O) groups is 2. The Morgan fingerprint density at radius 1 is 1.15 bits per heavy atom. The Morgan fingerprint density at radius 3 is 2.45 bits per heavy atom. The lowest BCUT2D eigenvalue weighted by Crippen LogP contribution is -2.46. The first-order chi connectivity index (χ1) is 19.0. The number of fused-ring (bicyclic) bond motifs is 3. The summed E-state index contributed by atoms with van der Waals surface area (Å²) in [6.07, 6.45) is 0.670. The number of halogens is 2. The van der Waals surface area contributed by atoms with Gasteiger partial charge in [0.15, 0.2) is 0 Å². The Morgan fingerprint density at radius 2 is 1.82 bits per heavy atom. The van der Waals surface area contributed by atoms with Crippen LogP contribution in [0.1, 0.15) is 63.9 Å². The van der Waals surface area contributed by atoms with E-state index >= 15 is 4.39 Å². The van der Waals surface area contributed by atoms with Crippen LogP contribution < -0.4 is 10.9 Å². The van der Waals surface area contributed by atoms with Gasteiger partial charge in [-0.2, -0.15) is 4.39 Å². The highest BCUT2D eigenvalue weighted by Crippen LogP contribution is 2.29. The summed E-state index contributed by atoms with van der Waals surface area (Å²) in [6.45, 7) is 7.90. The lowest BCUT2D eigenvalue weighted by molar-refractivity contribution is 0.0650. The van der Waals surface area contributed by atoms with Crippen LogP contribution in [0.5, 0.6) is 0 Å². The molecule has 2 aromatic heterocycles. The smallest absolute Gasteiger partial charge is 0.261 e. The van der Waals surface area contributed by atoms with Crippen LogP contribution in [-0.2, 0) is 19.4 Å². The lowest BCUT2D eigenvalue weighted by atomic mass is 9.97. The van der Waals surface area contributed by atoms with Gasteiger partial charge >= 0.3 is 0 Å². The summed E-state index contributed by atoms with van der Waals surface area (Å²) < 4.78 is 19.4. The summed E-state index contributed by atoms with van der Waals surface area (Å²) in [5, 5.41) is 6.85. The molecule has 0 saturated heterocycles. The number of hydrogen-bond donors (Lipinski definition) is 1. The molecule has 40 heavy (non-hydrogen) atoms. The molecule has 1 aliphatic heterocycles. The van der Waals surface area contributed by atoms with Crippen molar-refractivity contribution in [1.29, 1.82) is 0 Å². The van der Waals surface area contributed by atoms with Gasteiger partial charge in [0.2, 0.25) is 5.95 Å². The molecule has 5 rings (SSSR count). The molecule has 2 amide bonds. The van der Waals surface area contributed by atoms with Crippen LogP contribution in [0.25, 0.3) is 11.3 Å². The van der Waals surface area contributed by atoms with Gasteiger partial charge in [0.25, 0.3) is 17.4 Å². The molecule has 8 nitrogen and oxygen atoms in total. The van der Waals surface area contributed by atoms with E-state index in [1.54, 1.807) is 42.3 Å². The van der Waals surface area contributed by atoms with E-state index in [2.05, 4.69) is 26.3 Å². The van der Waals surface area contributed by atoms with Gasteiger partial charge in [-0.25, -0.2) is 4.52 Å². The summed E-state index contributed by atoms with van der Waals surface area (Å²) in [5.41, 5.74) is 3.83. The van der Waals surface area contributed by atoms with Crippen molar-refractivity contribution in [3.8, 4) is 5.69 Å². The molecule has 0 unspecified atom stereocenters. The molecule has 4 aromatic rings. The predicted molar refractivity (Wildman–Crippen MR) is 155 cm³/mol. The highest BCUT2D eigenvalue weighted by molar-refractivity contribution is 9.10. The first-order valence-corrected chi connectivity index (χ1v) is 14.0. The quantitative estimate of drug-likeness (QED) is 0.351. The van der Waals surface area contributed by atoms with Gasteiger partial charge in [0, 0.05) is 34.3 Å². The van der Waals surface area contributed by atoms with Gasteiger partial charge in [0.1, 0.15) is 5.65 Å².